The van der Waals surface area contributed by atoms with Crippen LogP contribution in [0.2, 0.25) is 0 Å². The zero-order valence-corrected chi connectivity index (χ0v) is 11.7. The average Bonchev–Trinajstić information content (AvgIpc) is 2.23. The molecule has 3 aliphatic carbocycles. The molecule has 0 saturated heterocycles. The number of ketones is 1. The van der Waals surface area contributed by atoms with Crippen LogP contribution in [0.15, 0.2) is 0 Å². The first-order chi connectivity index (χ1) is 8.16. The molecule has 0 spiro atoms. The van der Waals surface area contributed by atoms with Gasteiger partial charge < -0.3 is 0 Å². The lowest BCUT2D eigenvalue weighted by Crippen LogP contribution is -2.65. The Hall–Kier alpha value is -0.330. The van der Waals surface area contributed by atoms with E-state index in [-0.39, 0.29) is 5.41 Å². The molecule has 1 nitrogen and oxygen atoms in total. The van der Waals surface area contributed by atoms with Crippen LogP contribution in [0.5, 0.6) is 0 Å². The standard InChI is InChI=1S/C16H28O/c1-3-5-6-7-8-9-10-15-11-16(12-15,13-15)14(17)4-2/h3-13H2,1-2H3. The van der Waals surface area contributed by atoms with Crippen molar-refractivity contribution in [2.24, 2.45) is 10.8 Å². The van der Waals surface area contributed by atoms with Crippen LogP contribution in [0.3, 0.4) is 0 Å². The molecule has 1 heteroatoms. The van der Waals surface area contributed by atoms with Crippen molar-refractivity contribution in [3.63, 3.8) is 0 Å². The largest absolute Gasteiger partial charge is 0.299 e. The van der Waals surface area contributed by atoms with Crippen molar-refractivity contribution in [1.29, 1.82) is 0 Å². The Kier molecular flexibility index (Phi) is 3.95. The van der Waals surface area contributed by atoms with Gasteiger partial charge in [0.25, 0.3) is 0 Å². The van der Waals surface area contributed by atoms with Crippen molar-refractivity contribution in [2.45, 2.75) is 84.5 Å². The summed E-state index contributed by atoms with van der Waals surface area (Å²) < 4.78 is 0. The van der Waals surface area contributed by atoms with Crippen molar-refractivity contribution < 1.29 is 4.79 Å². The lowest BCUT2D eigenvalue weighted by molar-refractivity contribution is -0.208. The van der Waals surface area contributed by atoms with E-state index in [1.165, 1.54) is 64.2 Å². The van der Waals surface area contributed by atoms with E-state index in [4.69, 9.17) is 0 Å². The fourth-order valence-electron chi connectivity index (χ4n) is 4.21. The lowest BCUT2D eigenvalue weighted by Gasteiger charge is -2.70. The number of carbonyl (C=O) groups excluding carboxylic acids is 1. The second kappa shape index (κ2) is 5.12. The molecule has 3 rings (SSSR count). The van der Waals surface area contributed by atoms with Crippen molar-refractivity contribution in [1.82, 2.24) is 0 Å². The molecule has 0 aromatic heterocycles. The summed E-state index contributed by atoms with van der Waals surface area (Å²) in [5.41, 5.74) is 0.826. The number of hydrogen-bond acceptors (Lipinski definition) is 1. The second-order valence-electron chi connectivity index (χ2n) is 6.61. The third kappa shape index (κ3) is 2.44. The lowest BCUT2D eigenvalue weighted by atomic mass is 9.33. The maximum Gasteiger partial charge on any atom is 0.138 e. The highest BCUT2D eigenvalue weighted by atomic mass is 16.1. The van der Waals surface area contributed by atoms with Gasteiger partial charge in [-0.1, -0.05) is 52.4 Å². The highest BCUT2D eigenvalue weighted by Gasteiger charge is 2.69. The van der Waals surface area contributed by atoms with E-state index in [9.17, 15) is 4.79 Å². The third-order valence-corrected chi connectivity index (χ3v) is 5.11. The Bertz CT molecular complexity index is 259. The quantitative estimate of drug-likeness (QED) is 0.521. The first-order valence-electron chi connectivity index (χ1n) is 7.70. The van der Waals surface area contributed by atoms with Crippen LogP contribution in [0.25, 0.3) is 0 Å². The minimum absolute atomic E-state index is 0.191. The molecule has 2 bridgehead atoms. The number of hydrogen-bond donors (Lipinski definition) is 0. The van der Waals surface area contributed by atoms with Crippen LogP contribution in [0, 0.1) is 10.8 Å². The van der Waals surface area contributed by atoms with Crippen LogP contribution in [-0.2, 0) is 4.79 Å². The van der Waals surface area contributed by atoms with Crippen LogP contribution < -0.4 is 0 Å². The van der Waals surface area contributed by atoms with Crippen molar-refractivity contribution >= 4 is 5.78 Å². The van der Waals surface area contributed by atoms with Gasteiger partial charge in [0.2, 0.25) is 0 Å². The third-order valence-electron chi connectivity index (χ3n) is 5.11. The van der Waals surface area contributed by atoms with Gasteiger partial charge in [0, 0.05) is 11.8 Å². The first-order valence-corrected chi connectivity index (χ1v) is 7.70. The highest BCUT2D eigenvalue weighted by Crippen LogP contribution is 2.75. The van der Waals surface area contributed by atoms with Gasteiger partial charge in [0.15, 0.2) is 0 Å². The van der Waals surface area contributed by atoms with Gasteiger partial charge in [-0.05, 0) is 31.1 Å². The summed E-state index contributed by atoms with van der Waals surface area (Å²) in [7, 11) is 0. The topological polar surface area (TPSA) is 17.1 Å². The van der Waals surface area contributed by atoms with E-state index < -0.39 is 0 Å². The molecular weight excluding hydrogens is 208 g/mol. The van der Waals surface area contributed by atoms with Crippen molar-refractivity contribution in [3.05, 3.63) is 0 Å². The predicted octanol–water partition coefficient (Wildman–Crippen LogP) is 4.89. The Balaban J connectivity index is 1.55. The van der Waals surface area contributed by atoms with Crippen molar-refractivity contribution in [2.75, 3.05) is 0 Å². The summed E-state index contributed by atoms with van der Waals surface area (Å²) in [5.74, 6) is 0.544. The summed E-state index contributed by atoms with van der Waals surface area (Å²) in [6, 6.07) is 0. The zero-order chi connectivity index (χ0) is 12.4. The monoisotopic (exact) mass is 236 g/mol. The fraction of sp³-hybridized carbons (Fsp3) is 0.938. The van der Waals surface area contributed by atoms with Gasteiger partial charge in [0.1, 0.15) is 5.78 Å². The molecular formula is C16H28O. The van der Waals surface area contributed by atoms with E-state index >= 15 is 0 Å². The summed E-state index contributed by atoms with van der Waals surface area (Å²) in [5, 5.41) is 0. The van der Waals surface area contributed by atoms with Gasteiger partial charge >= 0.3 is 0 Å². The number of rotatable bonds is 9. The molecule has 0 aromatic carbocycles. The highest BCUT2D eigenvalue weighted by molar-refractivity contribution is 5.88. The van der Waals surface area contributed by atoms with Gasteiger partial charge in [-0.2, -0.15) is 0 Å². The molecule has 3 aliphatic rings. The van der Waals surface area contributed by atoms with E-state index in [0.29, 0.717) is 11.2 Å². The first kappa shape index (κ1) is 13.1. The Morgan fingerprint density at radius 3 is 2.12 bits per heavy atom. The molecule has 0 N–H and O–H groups in total. The number of carbonyl (C=O) groups is 1. The smallest absolute Gasteiger partial charge is 0.138 e. The minimum Gasteiger partial charge on any atom is -0.299 e. The zero-order valence-electron chi connectivity index (χ0n) is 11.7. The second-order valence-corrected chi connectivity index (χ2v) is 6.61. The average molecular weight is 236 g/mol. The summed E-state index contributed by atoms with van der Waals surface area (Å²) in [6.07, 6.45) is 14.3. The van der Waals surface area contributed by atoms with E-state index in [1.54, 1.807) is 0 Å². The van der Waals surface area contributed by atoms with E-state index in [0.717, 1.165) is 6.42 Å². The van der Waals surface area contributed by atoms with Crippen LogP contribution in [-0.4, -0.2) is 5.78 Å². The molecule has 0 unspecified atom stereocenters. The summed E-state index contributed by atoms with van der Waals surface area (Å²) >= 11 is 0. The van der Waals surface area contributed by atoms with Gasteiger partial charge in [0.05, 0.1) is 0 Å². The number of Topliss-reactive ketones (excluding diaryl/α,β-unsaturated/α-hetero) is 1. The fourth-order valence-corrected chi connectivity index (χ4v) is 4.21. The SMILES string of the molecule is CCCCCCCCC12CC(C(=O)CC)(C1)C2. The maximum absolute atomic E-state index is 11.7. The molecule has 0 radical (unpaired) electrons. The molecule has 0 heterocycles. The van der Waals surface area contributed by atoms with E-state index in [1.807, 2.05) is 6.92 Å². The van der Waals surface area contributed by atoms with Crippen molar-refractivity contribution in [3.8, 4) is 0 Å². The summed E-state index contributed by atoms with van der Waals surface area (Å²) in [6.45, 7) is 4.29. The van der Waals surface area contributed by atoms with Crippen LogP contribution >= 0.6 is 0 Å². The Morgan fingerprint density at radius 1 is 0.941 bits per heavy atom. The summed E-state index contributed by atoms with van der Waals surface area (Å²) in [4.78, 5) is 11.7. The van der Waals surface area contributed by atoms with Gasteiger partial charge in [-0.25, -0.2) is 0 Å². The molecule has 3 saturated carbocycles. The molecule has 3 fully saturated rings. The maximum atomic E-state index is 11.7. The van der Waals surface area contributed by atoms with Gasteiger partial charge in [-0.3, -0.25) is 4.79 Å². The molecule has 0 amide bonds. The van der Waals surface area contributed by atoms with Crippen LogP contribution in [0.1, 0.15) is 84.5 Å². The Labute approximate surface area is 106 Å². The van der Waals surface area contributed by atoms with E-state index in [2.05, 4.69) is 6.92 Å². The van der Waals surface area contributed by atoms with Crippen LogP contribution in [0.4, 0.5) is 0 Å². The normalized spacial score (nSPS) is 34.0. The molecule has 17 heavy (non-hydrogen) atoms. The molecule has 0 atom stereocenters. The molecule has 98 valence electrons. The predicted molar refractivity (Wildman–Crippen MR) is 72.0 cm³/mol. The molecule has 0 aromatic rings. The number of unbranched alkanes of at least 4 members (excludes halogenated alkanes) is 5. The molecule has 0 aliphatic heterocycles. The minimum atomic E-state index is 0.191. The van der Waals surface area contributed by atoms with Gasteiger partial charge in [-0.15, -0.1) is 0 Å². The Morgan fingerprint density at radius 2 is 1.53 bits per heavy atom.